The van der Waals surface area contributed by atoms with Crippen LogP contribution in [0.1, 0.15) is 37.7 Å². The Balaban J connectivity index is 0.00000210. The Morgan fingerprint density at radius 1 is 1.15 bits per heavy atom. The minimum absolute atomic E-state index is 0. The van der Waals surface area contributed by atoms with Gasteiger partial charge in [0, 0.05) is 25.2 Å². The lowest BCUT2D eigenvalue weighted by molar-refractivity contribution is -0.144. The number of benzene rings is 1. The first-order chi connectivity index (χ1) is 12.4. The number of likely N-dealkylation sites (tertiary alicyclic amines) is 1. The molecule has 0 radical (unpaired) electrons. The quantitative estimate of drug-likeness (QED) is 0.781. The van der Waals surface area contributed by atoms with Crippen molar-refractivity contribution in [3.8, 4) is 0 Å². The van der Waals surface area contributed by atoms with Crippen molar-refractivity contribution >= 4 is 28.3 Å². The monoisotopic (exact) mass is 413 g/mol. The van der Waals surface area contributed by atoms with Crippen molar-refractivity contribution in [2.75, 3.05) is 13.1 Å². The highest BCUT2D eigenvalue weighted by Crippen LogP contribution is 2.47. The number of halogens is 1. The number of rotatable bonds is 4. The van der Waals surface area contributed by atoms with Crippen LogP contribution in [0.5, 0.6) is 0 Å². The second kappa shape index (κ2) is 7.70. The van der Waals surface area contributed by atoms with Crippen molar-refractivity contribution in [2.24, 2.45) is 10.6 Å². The molecule has 0 aromatic heterocycles. The van der Waals surface area contributed by atoms with E-state index in [1.807, 2.05) is 23.1 Å². The van der Waals surface area contributed by atoms with Gasteiger partial charge in [-0.05, 0) is 44.1 Å². The van der Waals surface area contributed by atoms with Gasteiger partial charge in [-0.25, -0.2) is 13.6 Å². The molecule has 1 aromatic carbocycles. The maximum atomic E-state index is 13.6. The first kappa shape index (κ1) is 20.6. The lowest BCUT2D eigenvalue weighted by atomic mass is 9.68. The largest absolute Gasteiger partial charge is 0.342 e. The molecule has 3 fully saturated rings. The van der Waals surface area contributed by atoms with Crippen LogP contribution in [-0.2, 0) is 21.2 Å². The van der Waals surface area contributed by atoms with Gasteiger partial charge in [-0.2, -0.15) is 0 Å². The number of amides is 1. The van der Waals surface area contributed by atoms with Gasteiger partial charge in [0.1, 0.15) is 0 Å². The van der Waals surface area contributed by atoms with E-state index in [0.717, 1.165) is 25.7 Å². The van der Waals surface area contributed by atoms with Gasteiger partial charge in [-0.15, -0.1) is 12.4 Å². The van der Waals surface area contributed by atoms with Gasteiger partial charge in [-0.1, -0.05) is 30.3 Å². The fourth-order valence-electron chi connectivity index (χ4n) is 5.17. The first-order valence-electron chi connectivity index (χ1n) is 9.49. The second-order valence-corrected chi connectivity index (χ2v) is 9.94. The van der Waals surface area contributed by atoms with Crippen molar-refractivity contribution in [3.63, 3.8) is 0 Å². The molecule has 3 aliphatic rings. The van der Waals surface area contributed by atoms with Gasteiger partial charge in [0.15, 0.2) is 0 Å². The molecule has 4 rings (SSSR count). The number of nitrogens with two attached hydrogens (primary N) is 1. The SMILES string of the molecule is Cl.NS(=O)(=O)C1CCN(C(=O)[C@]2(Cc3ccccc3)C[C@@H]3CC[C@H]2N3)CC1. The van der Waals surface area contributed by atoms with Crippen LogP contribution in [0.25, 0.3) is 0 Å². The molecule has 8 heteroatoms. The first-order valence-corrected chi connectivity index (χ1v) is 11.1. The summed E-state index contributed by atoms with van der Waals surface area (Å²) < 4.78 is 23.2. The zero-order valence-corrected chi connectivity index (χ0v) is 17.0. The number of hydrogen-bond acceptors (Lipinski definition) is 4. The van der Waals surface area contributed by atoms with Gasteiger partial charge < -0.3 is 10.2 Å². The summed E-state index contributed by atoms with van der Waals surface area (Å²) >= 11 is 0. The van der Waals surface area contributed by atoms with E-state index in [1.54, 1.807) is 0 Å². The lowest BCUT2D eigenvalue weighted by Crippen LogP contribution is -2.54. The molecule has 0 aliphatic carbocycles. The number of nitrogens with zero attached hydrogens (tertiary/aromatic N) is 1. The van der Waals surface area contributed by atoms with Gasteiger partial charge >= 0.3 is 0 Å². The summed E-state index contributed by atoms with van der Waals surface area (Å²) in [6.07, 6.45) is 4.68. The van der Waals surface area contributed by atoms with Crippen LogP contribution in [-0.4, -0.2) is 49.6 Å². The highest BCUT2D eigenvalue weighted by molar-refractivity contribution is 7.89. The van der Waals surface area contributed by atoms with Gasteiger partial charge in [-0.3, -0.25) is 4.79 Å². The van der Waals surface area contributed by atoms with Crippen LogP contribution in [0, 0.1) is 5.41 Å². The topological polar surface area (TPSA) is 92.5 Å². The Labute approximate surface area is 167 Å². The number of carbonyl (C=O) groups is 1. The van der Waals surface area contributed by atoms with Gasteiger partial charge in [0.25, 0.3) is 0 Å². The molecule has 6 nitrogen and oxygen atoms in total. The fraction of sp³-hybridized carbons (Fsp3) is 0.632. The van der Waals surface area contributed by atoms with Gasteiger partial charge in [0.05, 0.1) is 10.7 Å². The van der Waals surface area contributed by atoms with E-state index in [4.69, 9.17) is 5.14 Å². The number of fused-ring (bicyclic) bond motifs is 2. The van der Waals surface area contributed by atoms with E-state index in [-0.39, 0.29) is 24.4 Å². The minimum Gasteiger partial charge on any atom is -0.342 e. The zero-order valence-electron chi connectivity index (χ0n) is 15.3. The Morgan fingerprint density at radius 3 is 2.33 bits per heavy atom. The molecule has 3 atom stereocenters. The molecule has 2 bridgehead atoms. The molecule has 27 heavy (non-hydrogen) atoms. The summed E-state index contributed by atoms with van der Waals surface area (Å²) in [4.78, 5) is 15.5. The fourth-order valence-corrected chi connectivity index (χ4v) is 6.04. The molecule has 1 aromatic rings. The summed E-state index contributed by atoms with van der Waals surface area (Å²) in [6, 6.07) is 10.9. The van der Waals surface area contributed by atoms with Gasteiger partial charge in [0.2, 0.25) is 15.9 Å². The molecule has 150 valence electrons. The predicted octanol–water partition coefficient (Wildman–Crippen LogP) is 1.44. The predicted molar refractivity (Wildman–Crippen MR) is 107 cm³/mol. The van der Waals surface area contributed by atoms with E-state index < -0.39 is 20.7 Å². The number of nitrogens with one attached hydrogen (secondary N) is 1. The molecular weight excluding hydrogens is 386 g/mol. The van der Waals surface area contributed by atoms with E-state index in [0.29, 0.717) is 32.0 Å². The number of sulfonamides is 1. The highest BCUT2D eigenvalue weighted by Gasteiger charge is 2.56. The number of hydrogen-bond donors (Lipinski definition) is 2. The van der Waals surface area contributed by atoms with Crippen molar-refractivity contribution < 1.29 is 13.2 Å². The molecule has 3 N–H and O–H groups in total. The van der Waals surface area contributed by atoms with Crippen molar-refractivity contribution in [1.29, 1.82) is 0 Å². The van der Waals surface area contributed by atoms with Crippen molar-refractivity contribution in [1.82, 2.24) is 10.2 Å². The third-order valence-electron chi connectivity index (χ3n) is 6.50. The third kappa shape index (κ3) is 3.88. The van der Waals surface area contributed by atoms with Crippen molar-refractivity contribution in [3.05, 3.63) is 35.9 Å². The molecular formula is C19H28ClN3O3S. The second-order valence-electron chi connectivity index (χ2n) is 8.10. The average molecular weight is 414 g/mol. The van der Waals surface area contributed by atoms with Crippen LogP contribution < -0.4 is 10.5 Å². The molecule has 0 spiro atoms. The summed E-state index contributed by atoms with van der Waals surface area (Å²) in [5.74, 6) is 0.189. The number of piperidine rings is 1. The summed E-state index contributed by atoms with van der Waals surface area (Å²) in [6.45, 7) is 0.960. The zero-order chi connectivity index (χ0) is 18.4. The van der Waals surface area contributed by atoms with Crippen LogP contribution in [0.15, 0.2) is 30.3 Å². The number of primary sulfonamides is 1. The molecule has 3 saturated heterocycles. The maximum Gasteiger partial charge on any atom is 0.230 e. The molecule has 0 unspecified atom stereocenters. The smallest absolute Gasteiger partial charge is 0.230 e. The van der Waals surface area contributed by atoms with Crippen molar-refractivity contribution in [2.45, 2.75) is 55.9 Å². The minimum atomic E-state index is -3.52. The Hall–Kier alpha value is -1.15. The third-order valence-corrected chi connectivity index (χ3v) is 7.90. The lowest BCUT2D eigenvalue weighted by Gasteiger charge is -2.41. The average Bonchev–Trinajstić information content (AvgIpc) is 3.23. The van der Waals surface area contributed by atoms with Crippen LogP contribution in [0.4, 0.5) is 0 Å². The molecule has 3 aliphatic heterocycles. The molecule has 1 amide bonds. The van der Waals surface area contributed by atoms with E-state index in [2.05, 4.69) is 17.4 Å². The standard InChI is InChI=1S/C19H27N3O3S.ClH/c20-26(24,25)16-8-10-22(11-9-16)18(23)19(12-14-4-2-1-3-5-14)13-15-6-7-17(19)21-15;/h1-5,15-17,21H,6-13H2,(H2,20,24,25);1H/t15-,17+,19+;/m0./s1. The highest BCUT2D eigenvalue weighted by atomic mass is 35.5. The van der Waals surface area contributed by atoms with E-state index >= 15 is 0 Å². The van der Waals surface area contributed by atoms with Crippen LogP contribution in [0.2, 0.25) is 0 Å². The summed E-state index contributed by atoms with van der Waals surface area (Å²) in [5.41, 5.74) is 0.785. The Bertz CT molecular complexity index is 781. The summed E-state index contributed by atoms with van der Waals surface area (Å²) in [5, 5.41) is 8.40. The van der Waals surface area contributed by atoms with Crippen LogP contribution in [0.3, 0.4) is 0 Å². The molecule has 3 heterocycles. The van der Waals surface area contributed by atoms with E-state index in [9.17, 15) is 13.2 Å². The Morgan fingerprint density at radius 2 is 1.81 bits per heavy atom. The number of carbonyl (C=O) groups excluding carboxylic acids is 1. The normalized spacial score (nSPS) is 30.9. The van der Waals surface area contributed by atoms with E-state index in [1.165, 1.54) is 5.56 Å². The maximum absolute atomic E-state index is 13.6. The Kier molecular flexibility index (Phi) is 5.87. The molecule has 0 saturated carbocycles. The van der Waals surface area contributed by atoms with Crippen LogP contribution >= 0.6 is 12.4 Å². The summed E-state index contributed by atoms with van der Waals surface area (Å²) in [7, 11) is -3.52.